The van der Waals surface area contributed by atoms with Gasteiger partial charge in [0.2, 0.25) is 15.9 Å². The molecule has 0 aromatic heterocycles. The van der Waals surface area contributed by atoms with Gasteiger partial charge in [-0.2, -0.15) is 4.72 Å². The fourth-order valence-corrected chi connectivity index (χ4v) is 4.08. The van der Waals surface area contributed by atoms with E-state index in [-0.39, 0.29) is 10.8 Å². The Morgan fingerprint density at radius 2 is 1.86 bits per heavy atom. The summed E-state index contributed by atoms with van der Waals surface area (Å²) < 4.78 is 27.4. The van der Waals surface area contributed by atoms with Crippen LogP contribution in [0.15, 0.2) is 23.1 Å². The number of amides is 1. The number of benzene rings is 1. The van der Waals surface area contributed by atoms with Crippen molar-refractivity contribution >= 4 is 15.9 Å². The van der Waals surface area contributed by atoms with Crippen LogP contribution in [0.3, 0.4) is 0 Å². The first-order valence-electron chi connectivity index (χ1n) is 7.19. The first kappa shape index (κ1) is 16.0. The summed E-state index contributed by atoms with van der Waals surface area (Å²) in [6.07, 6.45) is 1.98. The molecular weight excluding hydrogens is 288 g/mol. The van der Waals surface area contributed by atoms with E-state index in [4.69, 9.17) is 0 Å². The molecule has 1 aromatic rings. The van der Waals surface area contributed by atoms with E-state index in [1.807, 2.05) is 13.0 Å². The number of carbonyl (C=O) groups excluding carboxylic acids is 1. The number of nitrogens with zero attached hydrogens (tertiary/aromatic N) is 1. The molecule has 0 saturated carbocycles. The number of aryl methyl sites for hydroxylation is 2. The zero-order valence-electron chi connectivity index (χ0n) is 12.7. The van der Waals surface area contributed by atoms with Crippen molar-refractivity contribution in [3.63, 3.8) is 0 Å². The van der Waals surface area contributed by atoms with Gasteiger partial charge >= 0.3 is 0 Å². The summed E-state index contributed by atoms with van der Waals surface area (Å²) in [5.74, 6) is -0.151. The van der Waals surface area contributed by atoms with Crippen LogP contribution in [-0.2, 0) is 14.8 Å². The van der Waals surface area contributed by atoms with Crippen LogP contribution in [0.5, 0.6) is 0 Å². The topological polar surface area (TPSA) is 66.5 Å². The largest absolute Gasteiger partial charge is 0.341 e. The van der Waals surface area contributed by atoms with E-state index in [9.17, 15) is 13.2 Å². The third-order valence-corrected chi connectivity index (χ3v) is 5.44. The minimum Gasteiger partial charge on any atom is -0.341 e. The molecule has 1 saturated heterocycles. The van der Waals surface area contributed by atoms with Gasteiger partial charge < -0.3 is 4.90 Å². The zero-order valence-corrected chi connectivity index (χ0v) is 13.5. The Balaban J connectivity index is 2.16. The lowest BCUT2D eigenvalue weighted by atomic mass is 10.2. The minimum absolute atomic E-state index is 0.151. The van der Waals surface area contributed by atoms with E-state index in [2.05, 4.69) is 4.72 Å². The van der Waals surface area contributed by atoms with Crippen molar-refractivity contribution in [3.8, 4) is 0 Å². The summed E-state index contributed by atoms with van der Waals surface area (Å²) in [7, 11) is -3.68. The van der Waals surface area contributed by atoms with Gasteiger partial charge in [0.1, 0.15) is 0 Å². The Labute approximate surface area is 126 Å². The number of likely N-dealkylation sites (tertiary alicyclic amines) is 1. The molecule has 1 heterocycles. The van der Waals surface area contributed by atoms with Crippen molar-refractivity contribution in [2.45, 2.75) is 44.6 Å². The van der Waals surface area contributed by atoms with Gasteiger partial charge in [-0.3, -0.25) is 4.79 Å². The summed E-state index contributed by atoms with van der Waals surface area (Å²) >= 11 is 0. The molecule has 1 fully saturated rings. The van der Waals surface area contributed by atoms with E-state index < -0.39 is 16.1 Å². The molecule has 1 aliphatic rings. The van der Waals surface area contributed by atoms with Gasteiger partial charge in [-0.05, 0) is 50.8 Å². The number of rotatable bonds is 4. The van der Waals surface area contributed by atoms with Gasteiger partial charge in [-0.1, -0.05) is 12.1 Å². The molecule has 0 spiro atoms. The number of carbonyl (C=O) groups is 1. The van der Waals surface area contributed by atoms with Crippen LogP contribution in [0.25, 0.3) is 0 Å². The molecule has 1 N–H and O–H groups in total. The Bertz CT molecular complexity index is 634. The molecule has 116 valence electrons. The van der Waals surface area contributed by atoms with E-state index >= 15 is 0 Å². The SMILES string of the molecule is Cc1ccc(C)c(S(=O)(=O)N[C@@H](C)C(=O)N2CCCC2)c1. The standard InChI is InChI=1S/C15H22N2O3S/c1-11-6-7-12(2)14(10-11)21(19,20)16-13(3)15(18)17-8-4-5-9-17/h6-7,10,13,16H,4-5,8-9H2,1-3H3/t13-/m0/s1. The van der Waals surface area contributed by atoms with Gasteiger partial charge in [0, 0.05) is 13.1 Å². The zero-order chi connectivity index (χ0) is 15.6. The molecule has 0 aliphatic carbocycles. The van der Waals surface area contributed by atoms with Crippen LogP contribution in [0.2, 0.25) is 0 Å². The fraction of sp³-hybridized carbons (Fsp3) is 0.533. The number of sulfonamides is 1. The van der Waals surface area contributed by atoms with Gasteiger partial charge in [0.15, 0.2) is 0 Å². The maximum Gasteiger partial charge on any atom is 0.241 e. The second kappa shape index (κ2) is 6.15. The molecule has 6 heteroatoms. The molecule has 1 atom stereocenters. The molecule has 5 nitrogen and oxygen atoms in total. The second-order valence-corrected chi connectivity index (χ2v) is 7.33. The molecule has 21 heavy (non-hydrogen) atoms. The van der Waals surface area contributed by atoms with Gasteiger partial charge in [0.25, 0.3) is 0 Å². The molecule has 0 unspecified atom stereocenters. The summed E-state index contributed by atoms with van der Waals surface area (Å²) in [4.78, 5) is 14.2. The van der Waals surface area contributed by atoms with Crippen molar-refractivity contribution < 1.29 is 13.2 Å². The fourth-order valence-electron chi connectivity index (χ4n) is 2.55. The van der Waals surface area contributed by atoms with E-state index in [0.29, 0.717) is 18.7 Å². The molecule has 2 rings (SSSR count). The highest BCUT2D eigenvalue weighted by Gasteiger charge is 2.28. The summed E-state index contributed by atoms with van der Waals surface area (Å²) in [6.45, 7) is 6.63. The smallest absolute Gasteiger partial charge is 0.241 e. The quantitative estimate of drug-likeness (QED) is 0.918. The Kier molecular flexibility index (Phi) is 4.68. The third-order valence-electron chi connectivity index (χ3n) is 3.75. The average Bonchev–Trinajstić information content (AvgIpc) is 2.94. The van der Waals surface area contributed by atoms with Crippen LogP contribution >= 0.6 is 0 Å². The van der Waals surface area contributed by atoms with Crippen molar-refractivity contribution in [1.29, 1.82) is 0 Å². The van der Waals surface area contributed by atoms with Crippen LogP contribution in [0.1, 0.15) is 30.9 Å². The molecule has 1 aliphatic heterocycles. The average molecular weight is 310 g/mol. The van der Waals surface area contributed by atoms with Crippen LogP contribution < -0.4 is 4.72 Å². The molecular formula is C15H22N2O3S. The van der Waals surface area contributed by atoms with Crippen LogP contribution in [0.4, 0.5) is 0 Å². The van der Waals surface area contributed by atoms with E-state index in [1.54, 1.807) is 30.9 Å². The molecule has 0 radical (unpaired) electrons. The van der Waals surface area contributed by atoms with Gasteiger partial charge in [0.05, 0.1) is 10.9 Å². The lowest BCUT2D eigenvalue weighted by Crippen LogP contribution is -2.45. The van der Waals surface area contributed by atoms with E-state index in [0.717, 1.165) is 18.4 Å². The normalized spacial score (nSPS) is 17.0. The lowest BCUT2D eigenvalue weighted by molar-refractivity contribution is -0.131. The van der Waals surface area contributed by atoms with E-state index in [1.165, 1.54) is 0 Å². The lowest BCUT2D eigenvalue weighted by Gasteiger charge is -2.21. The van der Waals surface area contributed by atoms with Gasteiger partial charge in [-0.25, -0.2) is 8.42 Å². The highest BCUT2D eigenvalue weighted by Crippen LogP contribution is 2.17. The Hall–Kier alpha value is -1.40. The minimum atomic E-state index is -3.68. The van der Waals surface area contributed by atoms with Crippen molar-refractivity contribution in [3.05, 3.63) is 29.3 Å². The molecule has 1 aromatic carbocycles. The van der Waals surface area contributed by atoms with Crippen LogP contribution in [-0.4, -0.2) is 38.4 Å². The highest BCUT2D eigenvalue weighted by molar-refractivity contribution is 7.89. The highest BCUT2D eigenvalue weighted by atomic mass is 32.2. The van der Waals surface area contributed by atoms with Crippen molar-refractivity contribution in [2.24, 2.45) is 0 Å². The summed E-state index contributed by atoms with van der Waals surface area (Å²) in [5, 5.41) is 0. The number of nitrogens with one attached hydrogen (secondary N) is 1. The number of hydrogen-bond donors (Lipinski definition) is 1. The van der Waals surface area contributed by atoms with Gasteiger partial charge in [-0.15, -0.1) is 0 Å². The second-order valence-electron chi connectivity index (χ2n) is 5.64. The monoisotopic (exact) mass is 310 g/mol. The summed E-state index contributed by atoms with van der Waals surface area (Å²) in [6, 6.07) is 4.53. The Morgan fingerprint density at radius 3 is 2.48 bits per heavy atom. The number of hydrogen-bond acceptors (Lipinski definition) is 3. The first-order valence-corrected chi connectivity index (χ1v) is 8.68. The van der Waals surface area contributed by atoms with Crippen LogP contribution in [0, 0.1) is 13.8 Å². The maximum absolute atomic E-state index is 12.5. The predicted molar refractivity (Wildman–Crippen MR) is 81.5 cm³/mol. The van der Waals surface area contributed by atoms with Crippen molar-refractivity contribution in [1.82, 2.24) is 9.62 Å². The molecule has 0 bridgehead atoms. The van der Waals surface area contributed by atoms with Crippen molar-refractivity contribution in [2.75, 3.05) is 13.1 Å². The summed E-state index contributed by atoms with van der Waals surface area (Å²) in [5.41, 5.74) is 1.55. The Morgan fingerprint density at radius 1 is 1.24 bits per heavy atom. The predicted octanol–water partition coefficient (Wildman–Crippen LogP) is 1.59. The maximum atomic E-state index is 12.5. The first-order chi connectivity index (χ1) is 9.81. The molecule has 1 amide bonds. The third kappa shape index (κ3) is 3.63.